The number of amides is 2. The Balaban J connectivity index is 3.01. The highest BCUT2D eigenvalue weighted by Crippen LogP contribution is 2.20. The number of para-hydroxylation sites is 1. The number of hydrogen-bond donors (Lipinski definition) is 3. The third kappa shape index (κ3) is 3.33. The van der Waals surface area contributed by atoms with Gasteiger partial charge in [0.25, 0.3) is 10.0 Å². The Morgan fingerprint density at radius 1 is 1.39 bits per heavy atom. The summed E-state index contributed by atoms with van der Waals surface area (Å²) in [5.41, 5.74) is 4.79. The third-order valence-corrected chi connectivity index (χ3v) is 3.34. The van der Waals surface area contributed by atoms with E-state index in [1.165, 1.54) is 6.07 Å². The van der Waals surface area contributed by atoms with Crippen molar-refractivity contribution in [2.75, 3.05) is 5.73 Å². The summed E-state index contributed by atoms with van der Waals surface area (Å²) in [6.45, 7) is 3.34. The summed E-state index contributed by atoms with van der Waals surface area (Å²) < 4.78 is 38.4. The average Bonchev–Trinajstić information content (AvgIpc) is 2.19. The van der Waals surface area contributed by atoms with Crippen LogP contribution in [0.5, 0.6) is 0 Å². The number of carbonyl (C=O) groups excluding carboxylic acids is 1. The normalized spacial score (nSPS) is 11.3. The van der Waals surface area contributed by atoms with E-state index >= 15 is 0 Å². The summed E-state index contributed by atoms with van der Waals surface area (Å²) in [5, 5.41) is 2.34. The molecule has 0 aliphatic carbocycles. The maximum atomic E-state index is 13.1. The number of anilines is 1. The highest BCUT2D eigenvalue weighted by atomic mass is 32.2. The molecular formula is C10H14FN3O3S. The minimum absolute atomic E-state index is 0.231. The van der Waals surface area contributed by atoms with Gasteiger partial charge in [-0.3, -0.25) is 0 Å². The van der Waals surface area contributed by atoms with Crippen LogP contribution in [0.15, 0.2) is 23.1 Å². The van der Waals surface area contributed by atoms with E-state index in [1.54, 1.807) is 18.6 Å². The number of urea groups is 1. The first kappa shape index (κ1) is 14.2. The van der Waals surface area contributed by atoms with Gasteiger partial charge in [0.15, 0.2) is 0 Å². The van der Waals surface area contributed by atoms with E-state index < -0.39 is 32.5 Å². The van der Waals surface area contributed by atoms with Gasteiger partial charge < -0.3 is 11.1 Å². The van der Waals surface area contributed by atoms with Gasteiger partial charge in [-0.1, -0.05) is 6.07 Å². The number of nitrogens with two attached hydrogens (primary N) is 1. The van der Waals surface area contributed by atoms with Gasteiger partial charge in [-0.25, -0.2) is 22.3 Å². The topological polar surface area (TPSA) is 101 Å². The highest BCUT2D eigenvalue weighted by Gasteiger charge is 2.22. The molecule has 2 amide bonds. The first-order valence-electron chi connectivity index (χ1n) is 5.11. The molecule has 1 rings (SSSR count). The lowest BCUT2D eigenvalue weighted by molar-refractivity contribution is 0.243. The first-order chi connectivity index (χ1) is 8.24. The molecular weight excluding hydrogens is 261 g/mol. The highest BCUT2D eigenvalue weighted by molar-refractivity contribution is 7.90. The standard InChI is InChI=1S/C10H14FN3O3S/c1-6(2)13-10(15)14-18(16,17)8-5-3-4-7(11)9(8)12/h3-6H,12H2,1-2H3,(H2,13,14,15). The Labute approximate surface area is 104 Å². The van der Waals surface area contributed by atoms with Crippen LogP contribution in [0.3, 0.4) is 0 Å². The molecule has 0 aliphatic rings. The maximum absolute atomic E-state index is 13.1. The third-order valence-electron chi connectivity index (χ3n) is 1.95. The Morgan fingerprint density at radius 3 is 2.56 bits per heavy atom. The van der Waals surface area contributed by atoms with Crippen LogP contribution in [-0.4, -0.2) is 20.5 Å². The van der Waals surface area contributed by atoms with Gasteiger partial charge in [-0.15, -0.1) is 0 Å². The number of nitrogens with one attached hydrogen (secondary N) is 2. The quantitative estimate of drug-likeness (QED) is 0.710. The van der Waals surface area contributed by atoms with E-state index in [1.807, 2.05) is 0 Å². The molecule has 0 saturated carbocycles. The fourth-order valence-electron chi connectivity index (χ4n) is 1.22. The second-order valence-electron chi connectivity index (χ2n) is 3.89. The van der Waals surface area contributed by atoms with E-state index in [0.717, 1.165) is 12.1 Å². The van der Waals surface area contributed by atoms with Crippen LogP contribution in [0, 0.1) is 5.82 Å². The molecule has 0 spiro atoms. The second-order valence-corrected chi connectivity index (χ2v) is 5.54. The number of carbonyl (C=O) groups is 1. The minimum atomic E-state index is -4.19. The number of nitrogen functional groups attached to an aromatic ring is 1. The van der Waals surface area contributed by atoms with E-state index in [9.17, 15) is 17.6 Å². The first-order valence-corrected chi connectivity index (χ1v) is 6.59. The fraction of sp³-hybridized carbons (Fsp3) is 0.300. The molecule has 0 fully saturated rings. The zero-order valence-electron chi connectivity index (χ0n) is 9.90. The monoisotopic (exact) mass is 275 g/mol. The zero-order chi connectivity index (χ0) is 13.9. The van der Waals surface area contributed by atoms with E-state index in [0.29, 0.717) is 0 Å². The molecule has 1 aromatic rings. The summed E-state index contributed by atoms with van der Waals surface area (Å²) in [7, 11) is -4.19. The van der Waals surface area contributed by atoms with E-state index in [2.05, 4.69) is 5.32 Å². The van der Waals surface area contributed by atoms with Crippen LogP contribution in [-0.2, 0) is 10.0 Å². The van der Waals surface area contributed by atoms with Crippen LogP contribution in [0.4, 0.5) is 14.9 Å². The molecule has 0 aliphatic heterocycles. The van der Waals surface area contributed by atoms with Gasteiger partial charge in [0.1, 0.15) is 10.7 Å². The molecule has 0 saturated heterocycles. The minimum Gasteiger partial charge on any atom is -0.395 e. The van der Waals surface area contributed by atoms with Crippen molar-refractivity contribution in [1.82, 2.24) is 10.0 Å². The molecule has 6 nitrogen and oxygen atoms in total. The smallest absolute Gasteiger partial charge is 0.328 e. The predicted octanol–water partition coefficient (Wildman–Crippen LogP) is 0.804. The van der Waals surface area contributed by atoms with Crippen molar-refractivity contribution < 1.29 is 17.6 Å². The Kier molecular flexibility index (Phi) is 4.12. The van der Waals surface area contributed by atoms with Crippen molar-refractivity contribution in [2.45, 2.75) is 24.8 Å². The average molecular weight is 275 g/mol. The summed E-state index contributed by atoms with van der Waals surface area (Å²) in [6.07, 6.45) is 0. The lowest BCUT2D eigenvalue weighted by Gasteiger charge is -2.12. The van der Waals surface area contributed by atoms with Gasteiger partial charge in [-0.2, -0.15) is 0 Å². The van der Waals surface area contributed by atoms with Gasteiger partial charge in [-0.05, 0) is 26.0 Å². The van der Waals surface area contributed by atoms with Crippen LogP contribution in [0.1, 0.15) is 13.8 Å². The van der Waals surface area contributed by atoms with E-state index in [4.69, 9.17) is 5.73 Å². The van der Waals surface area contributed by atoms with Crippen LogP contribution in [0.25, 0.3) is 0 Å². The molecule has 0 unspecified atom stereocenters. The van der Waals surface area contributed by atoms with Crippen LogP contribution >= 0.6 is 0 Å². The van der Waals surface area contributed by atoms with Gasteiger partial charge in [0.05, 0.1) is 5.69 Å². The van der Waals surface area contributed by atoms with Crippen molar-refractivity contribution >= 4 is 21.7 Å². The summed E-state index contributed by atoms with van der Waals surface area (Å²) in [4.78, 5) is 10.8. The van der Waals surface area contributed by atoms with Crippen LogP contribution in [0.2, 0.25) is 0 Å². The molecule has 1 aromatic carbocycles. The lowest BCUT2D eigenvalue weighted by atomic mass is 10.3. The van der Waals surface area contributed by atoms with Crippen LogP contribution < -0.4 is 15.8 Å². The van der Waals surface area contributed by atoms with Gasteiger partial charge in [0, 0.05) is 6.04 Å². The molecule has 0 aromatic heterocycles. The number of hydrogen-bond acceptors (Lipinski definition) is 4. The number of rotatable bonds is 3. The lowest BCUT2D eigenvalue weighted by Crippen LogP contribution is -2.42. The molecule has 8 heteroatoms. The van der Waals surface area contributed by atoms with Gasteiger partial charge >= 0.3 is 6.03 Å². The fourth-order valence-corrected chi connectivity index (χ4v) is 2.28. The molecule has 18 heavy (non-hydrogen) atoms. The summed E-state index contributed by atoms with van der Waals surface area (Å²) in [6, 6.07) is 2.21. The molecule has 0 bridgehead atoms. The van der Waals surface area contributed by atoms with Crippen molar-refractivity contribution in [3.8, 4) is 0 Å². The summed E-state index contributed by atoms with van der Waals surface area (Å²) in [5.74, 6) is -0.859. The Bertz CT molecular complexity index is 557. The Morgan fingerprint density at radius 2 is 2.00 bits per heavy atom. The predicted molar refractivity (Wildman–Crippen MR) is 64.8 cm³/mol. The Hall–Kier alpha value is -1.83. The number of benzene rings is 1. The second kappa shape index (κ2) is 5.21. The molecule has 0 atom stereocenters. The van der Waals surface area contributed by atoms with Crippen molar-refractivity contribution in [3.63, 3.8) is 0 Å². The van der Waals surface area contributed by atoms with Gasteiger partial charge in [0.2, 0.25) is 0 Å². The number of halogens is 1. The summed E-state index contributed by atoms with van der Waals surface area (Å²) >= 11 is 0. The maximum Gasteiger partial charge on any atom is 0.328 e. The van der Waals surface area contributed by atoms with E-state index in [-0.39, 0.29) is 6.04 Å². The van der Waals surface area contributed by atoms with Crippen molar-refractivity contribution in [3.05, 3.63) is 24.0 Å². The number of sulfonamides is 1. The molecule has 4 N–H and O–H groups in total. The van der Waals surface area contributed by atoms with Crippen molar-refractivity contribution in [2.24, 2.45) is 0 Å². The molecule has 0 radical (unpaired) electrons. The molecule has 0 heterocycles. The molecule has 100 valence electrons. The zero-order valence-corrected chi connectivity index (χ0v) is 10.7. The largest absolute Gasteiger partial charge is 0.395 e. The van der Waals surface area contributed by atoms with Crippen molar-refractivity contribution in [1.29, 1.82) is 0 Å². The SMILES string of the molecule is CC(C)NC(=O)NS(=O)(=O)c1cccc(F)c1N.